The van der Waals surface area contributed by atoms with Gasteiger partial charge in [-0.3, -0.25) is 19.7 Å². The molecular weight excluding hydrogens is 454 g/mol. The van der Waals surface area contributed by atoms with Crippen LogP contribution in [0.3, 0.4) is 0 Å². The van der Waals surface area contributed by atoms with E-state index in [4.69, 9.17) is 18.9 Å². The minimum absolute atomic E-state index is 0.104. The van der Waals surface area contributed by atoms with Crippen LogP contribution in [0, 0.1) is 10.1 Å². The lowest BCUT2D eigenvalue weighted by Gasteiger charge is -2.09. The normalized spacial score (nSPS) is 11.3. The number of nitro groups is 1. The first-order chi connectivity index (χ1) is 15.8. The predicted octanol–water partition coefficient (Wildman–Crippen LogP) is 2.94. The van der Waals surface area contributed by atoms with Gasteiger partial charge in [0.15, 0.2) is 16.3 Å². The number of carbonyl (C=O) groups excluding carboxylic acids is 2. The van der Waals surface area contributed by atoms with Gasteiger partial charge >= 0.3 is 5.97 Å². The van der Waals surface area contributed by atoms with Gasteiger partial charge in [-0.1, -0.05) is 11.3 Å². The molecule has 0 unspecified atom stereocenters. The summed E-state index contributed by atoms with van der Waals surface area (Å²) in [6.07, 6.45) is 0. The molecule has 0 spiro atoms. The van der Waals surface area contributed by atoms with Crippen LogP contribution in [-0.2, 0) is 16.1 Å². The number of nitro benzene ring substituents is 1. The van der Waals surface area contributed by atoms with Crippen molar-refractivity contribution < 1.29 is 33.5 Å². The fourth-order valence-corrected chi connectivity index (χ4v) is 4.15. The molecule has 12 heteroatoms. The van der Waals surface area contributed by atoms with Crippen molar-refractivity contribution in [3.63, 3.8) is 0 Å². The van der Waals surface area contributed by atoms with E-state index in [1.165, 1.54) is 32.0 Å². The predicted molar refractivity (Wildman–Crippen MR) is 119 cm³/mol. The molecule has 0 radical (unpaired) electrons. The van der Waals surface area contributed by atoms with E-state index in [2.05, 4.69) is 4.99 Å². The van der Waals surface area contributed by atoms with Gasteiger partial charge in [0.25, 0.3) is 11.6 Å². The number of amides is 1. The molecule has 2 aromatic carbocycles. The molecule has 3 aromatic rings. The molecule has 0 saturated carbocycles. The summed E-state index contributed by atoms with van der Waals surface area (Å²) in [5.74, 6) is -0.563. The summed E-state index contributed by atoms with van der Waals surface area (Å²) < 4.78 is 22.7. The molecule has 33 heavy (non-hydrogen) atoms. The molecule has 0 aliphatic rings. The zero-order valence-corrected chi connectivity index (χ0v) is 19.1. The van der Waals surface area contributed by atoms with Crippen molar-refractivity contribution in [3.8, 4) is 17.2 Å². The number of benzene rings is 2. The lowest BCUT2D eigenvalue weighted by Crippen LogP contribution is -2.23. The molecule has 0 atom stereocenters. The Kier molecular flexibility index (Phi) is 7.28. The summed E-state index contributed by atoms with van der Waals surface area (Å²) in [6.45, 7) is 1.68. The minimum Gasteiger partial charge on any atom is -0.497 e. The third-order valence-electron chi connectivity index (χ3n) is 4.61. The maximum atomic E-state index is 13.1. The molecule has 1 aromatic heterocycles. The summed E-state index contributed by atoms with van der Waals surface area (Å²) in [5.41, 5.74) is -0.140. The highest BCUT2D eigenvalue weighted by Crippen LogP contribution is 2.35. The van der Waals surface area contributed by atoms with Crippen molar-refractivity contribution in [2.75, 3.05) is 27.9 Å². The molecule has 11 nitrogen and oxygen atoms in total. The fraction of sp³-hybridized carbons (Fsp3) is 0.286. The van der Waals surface area contributed by atoms with Gasteiger partial charge in [-0.25, -0.2) is 0 Å². The summed E-state index contributed by atoms with van der Waals surface area (Å²) >= 11 is 1.13. The first-order valence-electron chi connectivity index (χ1n) is 9.65. The Labute approximate surface area is 191 Å². The van der Waals surface area contributed by atoms with Crippen LogP contribution in [0.5, 0.6) is 17.2 Å². The number of esters is 1. The Morgan fingerprint density at radius 2 is 1.79 bits per heavy atom. The Hall–Kier alpha value is -3.93. The molecule has 0 fully saturated rings. The maximum absolute atomic E-state index is 13.1. The largest absolute Gasteiger partial charge is 0.497 e. The van der Waals surface area contributed by atoms with Crippen LogP contribution in [0.2, 0.25) is 0 Å². The van der Waals surface area contributed by atoms with Crippen molar-refractivity contribution in [2.24, 2.45) is 4.99 Å². The number of nitrogens with zero attached hydrogens (tertiary/aromatic N) is 3. The first-order valence-corrected chi connectivity index (χ1v) is 10.5. The number of methoxy groups -OCH3 is 3. The van der Waals surface area contributed by atoms with Gasteiger partial charge in [-0.2, -0.15) is 4.99 Å². The Bertz CT molecular complexity index is 1290. The summed E-state index contributed by atoms with van der Waals surface area (Å²) in [6, 6.07) is 7.48. The van der Waals surface area contributed by atoms with Crippen molar-refractivity contribution in [2.45, 2.75) is 13.5 Å². The van der Waals surface area contributed by atoms with Crippen molar-refractivity contribution >= 4 is 39.1 Å². The number of carbonyl (C=O) groups is 2. The number of thiazole rings is 1. The highest BCUT2D eigenvalue weighted by Gasteiger charge is 2.25. The quantitative estimate of drug-likeness (QED) is 0.276. The standard InChI is InChI=1S/C21H21N3O8S/c1-5-32-19(25)11-23-14-7-6-12(29-2)8-18(14)33-21(23)22-20(26)13-9-16(30-3)17(31-4)10-15(13)24(27)28/h6-10H,5,11H2,1-4H3. The van der Waals surface area contributed by atoms with Gasteiger partial charge in [-0.15, -0.1) is 0 Å². The van der Waals surface area contributed by atoms with E-state index in [-0.39, 0.29) is 35.0 Å². The summed E-state index contributed by atoms with van der Waals surface area (Å²) in [4.78, 5) is 40.4. The Morgan fingerprint density at radius 1 is 1.09 bits per heavy atom. The second kappa shape index (κ2) is 10.1. The molecule has 0 saturated heterocycles. The second-order valence-electron chi connectivity index (χ2n) is 6.51. The molecule has 1 heterocycles. The molecular formula is C21H21N3O8S. The van der Waals surface area contributed by atoms with Crippen LogP contribution < -0.4 is 19.0 Å². The maximum Gasteiger partial charge on any atom is 0.326 e. The van der Waals surface area contributed by atoms with Gasteiger partial charge in [0.2, 0.25) is 0 Å². The topological polar surface area (TPSA) is 131 Å². The fourth-order valence-electron chi connectivity index (χ4n) is 3.09. The molecule has 174 valence electrons. The summed E-state index contributed by atoms with van der Waals surface area (Å²) in [7, 11) is 4.20. The summed E-state index contributed by atoms with van der Waals surface area (Å²) in [5, 5.41) is 11.6. The Balaban J connectivity index is 2.20. The first kappa shape index (κ1) is 23.7. The van der Waals surface area contributed by atoms with E-state index in [9.17, 15) is 19.7 Å². The van der Waals surface area contributed by atoms with E-state index in [0.29, 0.717) is 16.0 Å². The van der Waals surface area contributed by atoms with Crippen LogP contribution in [-0.4, -0.2) is 49.3 Å². The number of hydrogen-bond acceptors (Lipinski definition) is 9. The van der Waals surface area contributed by atoms with Crippen LogP contribution in [0.1, 0.15) is 17.3 Å². The van der Waals surface area contributed by atoms with Gasteiger partial charge in [-0.05, 0) is 25.1 Å². The van der Waals surface area contributed by atoms with Gasteiger partial charge in [0.05, 0.1) is 49.1 Å². The Morgan fingerprint density at radius 3 is 2.39 bits per heavy atom. The third-order valence-corrected chi connectivity index (χ3v) is 5.65. The average Bonchev–Trinajstić information content (AvgIpc) is 3.13. The van der Waals surface area contributed by atoms with Crippen LogP contribution in [0.25, 0.3) is 10.2 Å². The van der Waals surface area contributed by atoms with E-state index in [1.54, 1.807) is 25.1 Å². The van der Waals surface area contributed by atoms with Crippen molar-refractivity contribution in [1.82, 2.24) is 4.57 Å². The lowest BCUT2D eigenvalue weighted by molar-refractivity contribution is -0.385. The highest BCUT2D eigenvalue weighted by molar-refractivity contribution is 7.16. The van der Waals surface area contributed by atoms with E-state index in [1.807, 2.05) is 0 Å². The van der Waals surface area contributed by atoms with Gasteiger partial charge in [0, 0.05) is 6.07 Å². The highest BCUT2D eigenvalue weighted by atomic mass is 32.1. The van der Waals surface area contributed by atoms with Crippen molar-refractivity contribution in [1.29, 1.82) is 0 Å². The van der Waals surface area contributed by atoms with Crippen LogP contribution in [0.15, 0.2) is 35.3 Å². The number of rotatable bonds is 8. The van der Waals surface area contributed by atoms with E-state index < -0.39 is 22.5 Å². The average molecular weight is 475 g/mol. The second-order valence-corrected chi connectivity index (χ2v) is 7.52. The minimum atomic E-state index is -0.876. The smallest absolute Gasteiger partial charge is 0.326 e. The van der Waals surface area contributed by atoms with E-state index in [0.717, 1.165) is 17.4 Å². The zero-order valence-electron chi connectivity index (χ0n) is 18.3. The number of aromatic nitrogens is 1. The molecule has 0 bridgehead atoms. The number of fused-ring (bicyclic) bond motifs is 1. The molecule has 0 aliphatic carbocycles. The van der Waals surface area contributed by atoms with Crippen LogP contribution >= 0.6 is 11.3 Å². The molecule has 0 N–H and O–H groups in total. The van der Waals surface area contributed by atoms with E-state index >= 15 is 0 Å². The van der Waals surface area contributed by atoms with Gasteiger partial charge < -0.3 is 23.5 Å². The zero-order chi connectivity index (χ0) is 24.1. The van der Waals surface area contributed by atoms with Crippen molar-refractivity contribution in [3.05, 3.63) is 50.8 Å². The lowest BCUT2D eigenvalue weighted by atomic mass is 10.1. The van der Waals surface area contributed by atoms with Gasteiger partial charge in [0.1, 0.15) is 17.9 Å². The number of hydrogen-bond donors (Lipinski definition) is 0. The monoisotopic (exact) mass is 475 g/mol. The number of ether oxygens (including phenoxy) is 4. The molecule has 0 aliphatic heterocycles. The molecule has 3 rings (SSSR count). The third kappa shape index (κ3) is 4.95. The van der Waals surface area contributed by atoms with Crippen LogP contribution in [0.4, 0.5) is 5.69 Å². The molecule has 1 amide bonds. The SMILES string of the molecule is CCOC(=O)Cn1c(=NC(=O)c2cc(OC)c(OC)cc2[N+](=O)[O-])sc2cc(OC)ccc21.